The molecule has 1 aromatic heterocycles. The van der Waals surface area contributed by atoms with Gasteiger partial charge in [-0.1, -0.05) is 6.07 Å². The number of nitrogens with one attached hydrogen (secondary N) is 1. The van der Waals surface area contributed by atoms with Crippen LogP contribution in [0.4, 0.5) is 5.82 Å². The second kappa shape index (κ2) is 4.49. The first-order valence-corrected chi connectivity index (χ1v) is 5.30. The Balaban J connectivity index is 2.15. The van der Waals surface area contributed by atoms with E-state index in [1.165, 1.54) is 0 Å². The van der Waals surface area contributed by atoms with Crippen molar-refractivity contribution < 1.29 is 4.74 Å². The molecule has 1 fully saturated rings. The predicted molar refractivity (Wildman–Crippen MR) is 62.9 cm³/mol. The van der Waals surface area contributed by atoms with Crippen molar-refractivity contribution in [2.24, 2.45) is 5.73 Å². The SMILES string of the molecule is COC1CCN(c2cccc(C(=N)N)n2)C1. The molecule has 0 bridgehead atoms. The number of hydrogen-bond donors (Lipinski definition) is 2. The largest absolute Gasteiger partial charge is 0.382 e. The summed E-state index contributed by atoms with van der Waals surface area (Å²) in [6.07, 6.45) is 1.30. The number of nitrogens with two attached hydrogens (primary N) is 1. The zero-order valence-corrected chi connectivity index (χ0v) is 9.31. The Hall–Kier alpha value is -1.62. The van der Waals surface area contributed by atoms with Crippen LogP contribution in [0.5, 0.6) is 0 Å². The summed E-state index contributed by atoms with van der Waals surface area (Å²) >= 11 is 0. The summed E-state index contributed by atoms with van der Waals surface area (Å²) in [5.41, 5.74) is 5.94. The molecule has 0 saturated carbocycles. The highest BCUT2D eigenvalue weighted by Crippen LogP contribution is 2.19. The quantitative estimate of drug-likeness (QED) is 0.577. The predicted octanol–water partition coefficient (Wildman–Crippen LogP) is 0.591. The number of nitrogens with zero attached hydrogens (tertiary/aromatic N) is 2. The van der Waals surface area contributed by atoms with Gasteiger partial charge in [-0.3, -0.25) is 5.41 Å². The van der Waals surface area contributed by atoms with Gasteiger partial charge in [0.2, 0.25) is 0 Å². The lowest BCUT2D eigenvalue weighted by Gasteiger charge is -2.17. The Morgan fingerprint density at radius 3 is 3.06 bits per heavy atom. The van der Waals surface area contributed by atoms with Gasteiger partial charge in [-0.15, -0.1) is 0 Å². The van der Waals surface area contributed by atoms with Crippen molar-refractivity contribution in [2.75, 3.05) is 25.1 Å². The van der Waals surface area contributed by atoms with Crippen LogP contribution in [0.15, 0.2) is 18.2 Å². The van der Waals surface area contributed by atoms with E-state index in [0.29, 0.717) is 5.69 Å². The molecule has 5 heteroatoms. The summed E-state index contributed by atoms with van der Waals surface area (Å²) in [6, 6.07) is 5.55. The number of ether oxygens (including phenoxy) is 1. The third-order valence-electron chi connectivity index (χ3n) is 2.81. The minimum Gasteiger partial charge on any atom is -0.382 e. The maximum Gasteiger partial charge on any atom is 0.141 e. The maximum absolute atomic E-state index is 7.35. The van der Waals surface area contributed by atoms with E-state index in [1.54, 1.807) is 13.2 Å². The van der Waals surface area contributed by atoms with Crippen molar-refractivity contribution in [3.63, 3.8) is 0 Å². The molecule has 2 rings (SSSR count). The highest BCUT2D eigenvalue weighted by Gasteiger charge is 2.23. The first-order chi connectivity index (χ1) is 7.70. The Morgan fingerprint density at radius 2 is 2.44 bits per heavy atom. The minimum atomic E-state index is 0.00402. The molecule has 1 aliphatic heterocycles. The van der Waals surface area contributed by atoms with Gasteiger partial charge in [-0.25, -0.2) is 4.98 Å². The van der Waals surface area contributed by atoms with Gasteiger partial charge >= 0.3 is 0 Å². The van der Waals surface area contributed by atoms with Gasteiger partial charge < -0.3 is 15.4 Å². The molecule has 5 nitrogen and oxygen atoms in total. The second-order valence-corrected chi connectivity index (χ2v) is 3.89. The van der Waals surface area contributed by atoms with Crippen LogP contribution in [0.25, 0.3) is 0 Å². The van der Waals surface area contributed by atoms with Crippen molar-refractivity contribution in [2.45, 2.75) is 12.5 Å². The highest BCUT2D eigenvalue weighted by molar-refractivity contribution is 5.93. The summed E-state index contributed by atoms with van der Waals surface area (Å²) in [5, 5.41) is 7.35. The lowest BCUT2D eigenvalue weighted by molar-refractivity contribution is 0.121. The summed E-state index contributed by atoms with van der Waals surface area (Å²) < 4.78 is 5.30. The first kappa shape index (κ1) is 10.9. The monoisotopic (exact) mass is 220 g/mol. The van der Waals surface area contributed by atoms with E-state index < -0.39 is 0 Å². The third-order valence-corrected chi connectivity index (χ3v) is 2.81. The molecular weight excluding hydrogens is 204 g/mol. The molecule has 0 radical (unpaired) electrons. The van der Waals surface area contributed by atoms with Crippen molar-refractivity contribution in [1.29, 1.82) is 5.41 Å². The van der Waals surface area contributed by atoms with E-state index in [9.17, 15) is 0 Å². The lowest BCUT2D eigenvalue weighted by Crippen LogP contribution is -2.24. The van der Waals surface area contributed by atoms with Crippen LogP contribution >= 0.6 is 0 Å². The maximum atomic E-state index is 7.35. The van der Waals surface area contributed by atoms with Gasteiger partial charge in [-0.2, -0.15) is 0 Å². The Bertz CT molecular complexity index is 393. The summed E-state index contributed by atoms with van der Waals surface area (Å²) in [6.45, 7) is 1.79. The van der Waals surface area contributed by atoms with E-state index in [-0.39, 0.29) is 11.9 Å². The van der Waals surface area contributed by atoms with Crippen molar-refractivity contribution >= 4 is 11.7 Å². The van der Waals surface area contributed by atoms with Crippen LogP contribution in [-0.4, -0.2) is 37.1 Å². The van der Waals surface area contributed by atoms with E-state index in [0.717, 1.165) is 25.3 Å². The summed E-state index contributed by atoms with van der Waals surface area (Å²) in [4.78, 5) is 6.50. The van der Waals surface area contributed by atoms with E-state index in [2.05, 4.69) is 9.88 Å². The van der Waals surface area contributed by atoms with Gasteiger partial charge in [-0.05, 0) is 18.6 Å². The Labute approximate surface area is 94.7 Å². The zero-order valence-electron chi connectivity index (χ0n) is 9.31. The van der Waals surface area contributed by atoms with Crippen molar-refractivity contribution in [3.05, 3.63) is 23.9 Å². The fourth-order valence-electron chi connectivity index (χ4n) is 1.88. The normalized spacial score (nSPS) is 20.1. The number of pyridine rings is 1. The number of aromatic nitrogens is 1. The summed E-state index contributed by atoms with van der Waals surface area (Å²) in [7, 11) is 1.73. The fourth-order valence-corrected chi connectivity index (χ4v) is 1.88. The smallest absolute Gasteiger partial charge is 0.141 e. The molecule has 1 atom stereocenters. The van der Waals surface area contributed by atoms with Crippen LogP contribution < -0.4 is 10.6 Å². The molecule has 86 valence electrons. The molecule has 1 unspecified atom stereocenters. The van der Waals surface area contributed by atoms with Crippen LogP contribution in [0.1, 0.15) is 12.1 Å². The molecule has 3 N–H and O–H groups in total. The number of anilines is 1. The van der Waals surface area contributed by atoms with Gasteiger partial charge in [0, 0.05) is 20.2 Å². The first-order valence-electron chi connectivity index (χ1n) is 5.30. The van der Waals surface area contributed by atoms with Crippen molar-refractivity contribution in [1.82, 2.24) is 4.98 Å². The third kappa shape index (κ3) is 2.14. The van der Waals surface area contributed by atoms with Gasteiger partial charge in [0.15, 0.2) is 0 Å². The van der Waals surface area contributed by atoms with Crippen LogP contribution in [0, 0.1) is 5.41 Å². The van der Waals surface area contributed by atoms with Crippen LogP contribution in [-0.2, 0) is 4.74 Å². The molecule has 1 saturated heterocycles. The van der Waals surface area contributed by atoms with Crippen LogP contribution in [0.3, 0.4) is 0 Å². The fraction of sp³-hybridized carbons (Fsp3) is 0.455. The number of amidine groups is 1. The zero-order chi connectivity index (χ0) is 11.5. The summed E-state index contributed by atoms with van der Waals surface area (Å²) in [5.74, 6) is 0.872. The average molecular weight is 220 g/mol. The molecule has 2 heterocycles. The minimum absolute atomic E-state index is 0.00402. The molecule has 0 aromatic carbocycles. The molecule has 0 spiro atoms. The Kier molecular flexibility index (Phi) is 3.05. The average Bonchev–Trinajstić information content (AvgIpc) is 2.77. The molecule has 0 aliphatic carbocycles. The van der Waals surface area contributed by atoms with E-state index in [4.69, 9.17) is 15.9 Å². The van der Waals surface area contributed by atoms with Crippen LogP contribution in [0.2, 0.25) is 0 Å². The van der Waals surface area contributed by atoms with Gasteiger partial charge in [0.05, 0.1) is 6.10 Å². The lowest BCUT2D eigenvalue weighted by atomic mass is 10.3. The van der Waals surface area contributed by atoms with E-state index >= 15 is 0 Å². The van der Waals surface area contributed by atoms with Crippen molar-refractivity contribution in [3.8, 4) is 0 Å². The second-order valence-electron chi connectivity index (χ2n) is 3.89. The number of nitrogen functional groups attached to an aromatic ring is 1. The molecule has 1 aliphatic rings. The molecule has 0 amide bonds. The van der Waals surface area contributed by atoms with E-state index in [1.807, 2.05) is 12.1 Å². The molecule has 16 heavy (non-hydrogen) atoms. The van der Waals surface area contributed by atoms with Gasteiger partial charge in [0.25, 0.3) is 0 Å². The standard InChI is InChI=1S/C11H16N4O/c1-16-8-5-6-15(7-8)10-4-2-3-9(14-10)11(12)13/h2-4,8H,5-7H2,1H3,(H3,12,13). The number of rotatable bonds is 3. The Morgan fingerprint density at radius 1 is 1.62 bits per heavy atom. The molecular formula is C11H16N4O. The topological polar surface area (TPSA) is 75.2 Å². The highest BCUT2D eigenvalue weighted by atomic mass is 16.5. The molecule has 1 aromatic rings. The number of methoxy groups -OCH3 is 1. The van der Waals surface area contributed by atoms with Gasteiger partial charge in [0.1, 0.15) is 17.3 Å². The number of hydrogen-bond acceptors (Lipinski definition) is 4.